The molecule has 1 rings (SSSR count). The van der Waals surface area contributed by atoms with Crippen molar-refractivity contribution in [3.63, 3.8) is 0 Å². The predicted octanol–water partition coefficient (Wildman–Crippen LogP) is 3.29. The average Bonchev–Trinajstić information content (AvgIpc) is 2.04. The minimum atomic E-state index is -0.0733. The molecule has 0 spiro atoms. The van der Waals surface area contributed by atoms with Crippen molar-refractivity contribution in [1.29, 1.82) is 5.26 Å². The van der Waals surface area contributed by atoms with Gasteiger partial charge in [0.15, 0.2) is 5.78 Å². The van der Waals surface area contributed by atoms with Crippen molar-refractivity contribution in [2.24, 2.45) is 0 Å². The lowest BCUT2D eigenvalue weighted by atomic mass is 10.1. The molecule has 0 atom stereocenters. The molecule has 0 heterocycles. The second-order valence-corrected chi connectivity index (χ2v) is 4.10. The Labute approximate surface area is 92.8 Å². The lowest BCUT2D eigenvalue weighted by Gasteiger charge is -2.04. The van der Waals surface area contributed by atoms with E-state index in [1.165, 1.54) is 6.92 Å². The molecule has 13 heavy (non-hydrogen) atoms. The number of Topliss-reactive ketones (excluding diaryl/α,β-unsaturated/α-hetero) is 1. The molecule has 0 radical (unpaired) electrons. The molecular weight excluding hydrogens is 298 g/mol. The van der Waals surface area contributed by atoms with Crippen LogP contribution in [0.25, 0.3) is 0 Å². The van der Waals surface area contributed by atoms with Gasteiger partial charge in [-0.1, -0.05) is 15.9 Å². The summed E-state index contributed by atoms with van der Waals surface area (Å²) in [7, 11) is 0. The highest BCUT2D eigenvalue weighted by atomic mass is 79.9. The van der Waals surface area contributed by atoms with Gasteiger partial charge in [0.05, 0.1) is 5.56 Å². The third-order valence-electron chi connectivity index (χ3n) is 1.56. The van der Waals surface area contributed by atoms with Crippen LogP contribution >= 0.6 is 31.9 Å². The Morgan fingerprint density at radius 3 is 2.54 bits per heavy atom. The van der Waals surface area contributed by atoms with Gasteiger partial charge in [0.1, 0.15) is 6.07 Å². The van der Waals surface area contributed by atoms with Crippen LogP contribution < -0.4 is 0 Å². The van der Waals surface area contributed by atoms with Crippen molar-refractivity contribution < 1.29 is 4.79 Å². The number of ketones is 1. The Hall–Kier alpha value is -0.660. The number of nitrogens with zero attached hydrogens (tertiary/aromatic N) is 1. The molecule has 0 aliphatic heterocycles. The Kier molecular flexibility index (Phi) is 3.23. The second kappa shape index (κ2) is 4.03. The van der Waals surface area contributed by atoms with Crippen LogP contribution in [-0.2, 0) is 0 Å². The van der Waals surface area contributed by atoms with E-state index in [4.69, 9.17) is 5.26 Å². The number of benzene rings is 1. The monoisotopic (exact) mass is 301 g/mol. The van der Waals surface area contributed by atoms with E-state index in [0.717, 1.165) is 0 Å². The van der Waals surface area contributed by atoms with Crippen LogP contribution in [0, 0.1) is 11.3 Å². The molecular formula is C9H5Br2NO. The number of halogens is 2. The molecule has 66 valence electrons. The number of nitriles is 1. The molecule has 0 aliphatic rings. The maximum Gasteiger partial charge on any atom is 0.162 e. The summed E-state index contributed by atoms with van der Waals surface area (Å²) in [5.41, 5.74) is 0.979. The van der Waals surface area contributed by atoms with Gasteiger partial charge in [-0.3, -0.25) is 4.79 Å². The lowest BCUT2D eigenvalue weighted by Crippen LogP contribution is -1.97. The number of carbonyl (C=O) groups excluding carboxylic acids is 1. The van der Waals surface area contributed by atoms with Gasteiger partial charge in [-0.15, -0.1) is 0 Å². The van der Waals surface area contributed by atoms with Gasteiger partial charge in [0.25, 0.3) is 0 Å². The molecule has 0 saturated heterocycles. The third-order valence-corrected chi connectivity index (χ3v) is 3.05. The van der Waals surface area contributed by atoms with Crippen molar-refractivity contribution in [1.82, 2.24) is 0 Å². The molecule has 0 aliphatic carbocycles. The van der Waals surface area contributed by atoms with Crippen LogP contribution in [0.4, 0.5) is 0 Å². The Balaban J connectivity index is 3.50. The fourth-order valence-electron chi connectivity index (χ4n) is 0.962. The van der Waals surface area contributed by atoms with Crippen molar-refractivity contribution >= 4 is 37.6 Å². The molecule has 0 aromatic heterocycles. The van der Waals surface area contributed by atoms with Gasteiger partial charge in [-0.25, -0.2) is 0 Å². The standard InChI is InChI=1S/C9H5Br2NO/c1-5(13)8-7(10)3-2-6(4-12)9(8)11/h2-3H,1H3. The summed E-state index contributed by atoms with van der Waals surface area (Å²) < 4.78 is 1.25. The largest absolute Gasteiger partial charge is 0.294 e. The van der Waals surface area contributed by atoms with E-state index in [0.29, 0.717) is 20.1 Å². The minimum Gasteiger partial charge on any atom is -0.294 e. The average molecular weight is 303 g/mol. The van der Waals surface area contributed by atoms with Crippen LogP contribution in [0.3, 0.4) is 0 Å². The van der Waals surface area contributed by atoms with E-state index >= 15 is 0 Å². The fourth-order valence-corrected chi connectivity index (χ4v) is 2.55. The van der Waals surface area contributed by atoms with Crippen LogP contribution in [0.1, 0.15) is 22.8 Å². The molecule has 0 N–H and O–H groups in total. The summed E-state index contributed by atoms with van der Waals surface area (Å²) in [6, 6.07) is 5.35. The van der Waals surface area contributed by atoms with Crippen LogP contribution in [0.5, 0.6) is 0 Å². The smallest absolute Gasteiger partial charge is 0.162 e. The van der Waals surface area contributed by atoms with E-state index in [1.54, 1.807) is 12.1 Å². The Bertz CT molecular complexity index is 407. The summed E-state index contributed by atoms with van der Waals surface area (Å²) in [4.78, 5) is 11.2. The number of carbonyl (C=O) groups is 1. The van der Waals surface area contributed by atoms with E-state index in [2.05, 4.69) is 31.9 Å². The first-order chi connectivity index (χ1) is 6.07. The Morgan fingerprint density at radius 1 is 1.46 bits per heavy atom. The highest BCUT2D eigenvalue weighted by Crippen LogP contribution is 2.28. The normalized spacial score (nSPS) is 9.38. The van der Waals surface area contributed by atoms with Crippen LogP contribution in [-0.4, -0.2) is 5.78 Å². The zero-order valence-corrected chi connectivity index (χ0v) is 9.94. The highest BCUT2D eigenvalue weighted by molar-refractivity contribution is 9.11. The Morgan fingerprint density at radius 2 is 2.08 bits per heavy atom. The van der Waals surface area contributed by atoms with Gasteiger partial charge in [-0.05, 0) is 35.0 Å². The van der Waals surface area contributed by atoms with Crippen molar-refractivity contribution in [3.8, 4) is 6.07 Å². The first-order valence-corrected chi connectivity index (χ1v) is 5.05. The summed E-state index contributed by atoms with van der Waals surface area (Å²) in [6.45, 7) is 1.46. The van der Waals surface area contributed by atoms with E-state index in [1.807, 2.05) is 6.07 Å². The maximum absolute atomic E-state index is 11.2. The molecule has 1 aromatic rings. The van der Waals surface area contributed by atoms with Crippen LogP contribution in [0.2, 0.25) is 0 Å². The zero-order chi connectivity index (χ0) is 10.0. The van der Waals surface area contributed by atoms with Gasteiger partial charge in [0.2, 0.25) is 0 Å². The third kappa shape index (κ3) is 1.98. The SMILES string of the molecule is CC(=O)c1c(Br)ccc(C#N)c1Br. The van der Waals surface area contributed by atoms with Gasteiger partial charge in [-0.2, -0.15) is 5.26 Å². The van der Waals surface area contributed by atoms with Gasteiger partial charge in [0, 0.05) is 14.5 Å². The quantitative estimate of drug-likeness (QED) is 0.747. The first kappa shape index (κ1) is 10.4. The van der Waals surface area contributed by atoms with Crippen molar-refractivity contribution in [3.05, 3.63) is 32.2 Å². The molecule has 0 amide bonds. The lowest BCUT2D eigenvalue weighted by molar-refractivity contribution is 0.101. The molecule has 2 nitrogen and oxygen atoms in total. The van der Waals surface area contributed by atoms with E-state index in [9.17, 15) is 4.79 Å². The zero-order valence-electron chi connectivity index (χ0n) is 6.77. The summed E-state index contributed by atoms with van der Waals surface area (Å²) in [6.07, 6.45) is 0. The summed E-state index contributed by atoms with van der Waals surface area (Å²) in [5.74, 6) is -0.0733. The topological polar surface area (TPSA) is 40.9 Å². The van der Waals surface area contributed by atoms with Crippen molar-refractivity contribution in [2.75, 3.05) is 0 Å². The fraction of sp³-hybridized carbons (Fsp3) is 0.111. The molecule has 4 heteroatoms. The summed E-state index contributed by atoms with van der Waals surface area (Å²) in [5, 5.41) is 8.71. The number of rotatable bonds is 1. The maximum atomic E-state index is 11.2. The predicted molar refractivity (Wildman–Crippen MR) is 56.6 cm³/mol. The van der Waals surface area contributed by atoms with Gasteiger partial charge >= 0.3 is 0 Å². The molecule has 1 aromatic carbocycles. The van der Waals surface area contributed by atoms with Crippen LogP contribution in [0.15, 0.2) is 21.1 Å². The molecule has 0 bridgehead atoms. The number of hydrogen-bond donors (Lipinski definition) is 0. The molecule has 0 saturated carbocycles. The minimum absolute atomic E-state index is 0.0733. The van der Waals surface area contributed by atoms with E-state index in [-0.39, 0.29) is 5.78 Å². The second-order valence-electron chi connectivity index (χ2n) is 2.45. The van der Waals surface area contributed by atoms with E-state index < -0.39 is 0 Å². The first-order valence-electron chi connectivity index (χ1n) is 3.47. The highest BCUT2D eigenvalue weighted by Gasteiger charge is 2.12. The molecule has 0 unspecified atom stereocenters. The molecule has 0 fully saturated rings. The number of hydrogen-bond acceptors (Lipinski definition) is 2. The summed E-state index contributed by atoms with van der Waals surface area (Å²) >= 11 is 6.47. The van der Waals surface area contributed by atoms with Gasteiger partial charge < -0.3 is 0 Å². The van der Waals surface area contributed by atoms with Crippen molar-refractivity contribution in [2.45, 2.75) is 6.92 Å².